The minimum absolute atomic E-state index is 0.00888. The number of nitrogens with one attached hydrogen (secondary N) is 3. The second-order valence-corrected chi connectivity index (χ2v) is 4.89. The smallest absolute Gasteiger partial charge is 0.242 e. The molecule has 110 valence electrons. The predicted octanol–water partition coefficient (Wildman–Crippen LogP) is 0.744. The van der Waals surface area contributed by atoms with E-state index in [2.05, 4.69) is 25.9 Å². The fourth-order valence-corrected chi connectivity index (χ4v) is 1.73. The Morgan fingerprint density at radius 3 is 2.75 bits per heavy atom. The molecule has 0 aromatic carbocycles. The Labute approximate surface area is 118 Å². The third kappa shape index (κ3) is 4.06. The summed E-state index contributed by atoms with van der Waals surface area (Å²) in [5, 5.41) is 9.01. The molecule has 0 spiro atoms. The fourth-order valence-electron chi connectivity index (χ4n) is 1.73. The van der Waals surface area contributed by atoms with Crippen molar-refractivity contribution < 1.29 is 9.53 Å². The minimum Gasteiger partial charge on any atom is -0.377 e. The molecule has 1 aromatic heterocycles. The molecule has 1 unspecified atom stereocenters. The molecule has 1 heterocycles. The zero-order chi connectivity index (χ0) is 14.5. The summed E-state index contributed by atoms with van der Waals surface area (Å²) in [7, 11) is 3.38. The van der Waals surface area contributed by atoms with Crippen molar-refractivity contribution >= 4 is 17.5 Å². The van der Waals surface area contributed by atoms with Crippen LogP contribution in [-0.2, 0) is 16.1 Å². The molecule has 0 saturated heterocycles. The highest BCUT2D eigenvalue weighted by molar-refractivity contribution is 5.84. The van der Waals surface area contributed by atoms with Crippen LogP contribution in [0.2, 0.25) is 0 Å². The third-order valence-corrected chi connectivity index (χ3v) is 2.98. The van der Waals surface area contributed by atoms with Crippen LogP contribution in [0.3, 0.4) is 0 Å². The van der Waals surface area contributed by atoms with Crippen molar-refractivity contribution in [3.63, 3.8) is 0 Å². The van der Waals surface area contributed by atoms with Gasteiger partial charge in [0, 0.05) is 26.3 Å². The van der Waals surface area contributed by atoms with Crippen molar-refractivity contribution in [2.45, 2.75) is 38.5 Å². The summed E-state index contributed by atoms with van der Waals surface area (Å²) in [6.07, 6.45) is 2.15. The summed E-state index contributed by atoms with van der Waals surface area (Å²) in [5.41, 5.74) is 0. The van der Waals surface area contributed by atoms with E-state index < -0.39 is 0 Å². The minimum atomic E-state index is -0.342. The number of anilines is 2. The molecule has 2 rings (SSSR count). The summed E-state index contributed by atoms with van der Waals surface area (Å²) in [4.78, 5) is 20.5. The van der Waals surface area contributed by atoms with Crippen LogP contribution < -0.4 is 16.0 Å². The number of hydrogen-bond acceptors (Lipinski definition) is 6. The first-order chi connectivity index (χ1) is 9.62. The van der Waals surface area contributed by atoms with Gasteiger partial charge in [-0.2, -0.15) is 0 Å². The van der Waals surface area contributed by atoms with E-state index in [1.807, 2.05) is 6.92 Å². The number of ether oxygens (including phenoxy) is 1. The maximum atomic E-state index is 11.9. The SMILES string of the molecule is CNc1cc(NC(C)C(=O)NC2CC2)nc(COC)n1. The van der Waals surface area contributed by atoms with E-state index in [0.29, 0.717) is 30.1 Å². The van der Waals surface area contributed by atoms with Crippen LogP contribution in [0.25, 0.3) is 0 Å². The number of nitrogens with zero attached hydrogens (tertiary/aromatic N) is 2. The zero-order valence-electron chi connectivity index (χ0n) is 12.1. The monoisotopic (exact) mass is 279 g/mol. The van der Waals surface area contributed by atoms with Gasteiger partial charge in [0.1, 0.15) is 24.3 Å². The molecule has 0 radical (unpaired) electrons. The Bertz CT molecular complexity index is 476. The van der Waals surface area contributed by atoms with Crippen LogP contribution in [0.1, 0.15) is 25.6 Å². The Balaban J connectivity index is 2.02. The van der Waals surface area contributed by atoms with Crippen LogP contribution in [-0.4, -0.2) is 42.1 Å². The number of hydrogen-bond donors (Lipinski definition) is 3. The second-order valence-electron chi connectivity index (χ2n) is 4.89. The summed E-state index contributed by atoms with van der Waals surface area (Å²) < 4.78 is 5.04. The molecule has 1 fully saturated rings. The molecule has 0 aliphatic heterocycles. The molecule has 1 saturated carbocycles. The lowest BCUT2D eigenvalue weighted by Crippen LogP contribution is -2.38. The predicted molar refractivity (Wildman–Crippen MR) is 76.5 cm³/mol. The number of rotatable bonds is 7. The van der Waals surface area contributed by atoms with Gasteiger partial charge in [0.25, 0.3) is 0 Å². The van der Waals surface area contributed by atoms with Crippen molar-refractivity contribution in [2.75, 3.05) is 24.8 Å². The van der Waals surface area contributed by atoms with Gasteiger partial charge in [0.2, 0.25) is 5.91 Å². The molecule has 7 nitrogen and oxygen atoms in total. The van der Waals surface area contributed by atoms with Crippen molar-refractivity contribution in [1.82, 2.24) is 15.3 Å². The van der Waals surface area contributed by atoms with Crippen LogP contribution in [0.15, 0.2) is 6.07 Å². The van der Waals surface area contributed by atoms with E-state index in [1.165, 1.54) is 0 Å². The zero-order valence-corrected chi connectivity index (χ0v) is 12.1. The van der Waals surface area contributed by atoms with Crippen molar-refractivity contribution in [2.24, 2.45) is 0 Å². The molecular formula is C13H21N5O2. The topological polar surface area (TPSA) is 88.2 Å². The molecule has 20 heavy (non-hydrogen) atoms. The second kappa shape index (κ2) is 6.51. The van der Waals surface area contributed by atoms with E-state index >= 15 is 0 Å². The highest BCUT2D eigenvalue weighted by Crippen LogP contribution is 2.19. The molecule has 1 amide bonds. The van der Waals surface area contributed by atoms with Gasteiger partial charge in [-0.1, -0.05) is 0 Å². The van der Waals surface area contributed by atoms with E-state index in [1.54, 1.807) is 20.2 Å². The molecular weight excluding hydrogens is 258 g/mol. The van der Waals surface area contributed by atoms with Crippen LogP contribution in [0, 0.1) is 0 Å². The molecule has 1 aliphatic carbocycles. The van der Waals surface area contributed by atoms with Gasteiger partial charge in [-0.25, -0.2) is 9.97 Å². The Morgan fingerprint density at radius 1 is 1.45 bits per heavy atom. The van der Waals surface area contributed by atoms with Gasteiger partial charge in [0.15, 0.2) is 5.82 Å². The summed E-state index contributed by atoms with van der Waals surface area (Å²) in [6.45, 7) is 2.14. The van der Waals surface area contributed by atoms with E-state index in [9.17, 15) is 4.79 Å². The van der Waals surface area contributed by atoms with E-state index in [4.69, 9.17) is 4.74 Å². The van der Waals surface area contributed by atoms with Gasteiger partial charge in [0.05, 0.1) is 0 Å². The number of methoxy groups -OCH3 is 1. The van der Waals surface area contributed by atoms with Gasteiger partial charge in [-0.3, -0.25) is 4.79 Å². The largest absolute Gasteiger partial charge is 0.377 e. The van der Waals surface area contributed by atoms with Crippen molar-refractivity contribution in [3.05, 3.63) is 11.9 Å². The average molecular weight is 279 g/mol. The molecule has 1 aromatic rings. The number of carbonyl (C=O) groups excluding carboxylic acids is 1. The number of carbonyl (C=O) groups is 1. The van der Waals surface area contributed by atoms with Crippen molar-refractivity contribution in [3.8, 4) is 0 Å². The Morgan fingerprint density at radius 2 is 2.15 bits per heavy atom. The maximum Gasteiger partial charge on any atom is 0.242 e. The highest BCUT2D eigenvalue weighted by Gasteiger charge is 2.25. The fraction of sp³-hybridized carbons (Fsp3) is 0.615. The number of amides is 1. The van der Waals surface area contributed by atoms with Gasteiger partial charge < -0.3 is 20.7 Å². The summed E-state index contributed by atoms with van der Waals surface area (Å²) in [5.74, 6) is 1.85. The molecule has 0 bridgehead atoms. The van der Waals surface area contributed by atoms with Gasteiger partial charge >= 0.3 is 0 Å². The molecule has 1 aliphatic rings. The van der Waals surface area contributed by atoms with Gasteiger partial charge in [-0.05, 0) is 19.8 Å². The molecule has 7 heteroatoms. The standard InChI is InChI=1S/C13H21N5O2/c1-8(13(19)16-9-4-5-9)15-11-6-10(14-2)17-12(18-11)7-20-3/h6,8-9H,4-5,7H2,1-3H3,(H,16,19)(H2,14,15,17,18). The first-order valence-electron chi connectivity index (χ1n) is 6.74. The van der Waals surface area contributed by atoms with Crippen molar-refractivity contribution in [1.29, 1.82) is 0 Å². The first-order valence-corrected chi connectivity index (χ1v) is 6.74. The van der Waals surface area contributed by atoms with Gasteiger partial charge in [-0.15, -0.1) is 0 Å². The highest BCUT2D eigenvalue weighted by atomic mass is 16.5. The maximum absolute atomic E-state index is 11.9. The summed E-state index contributed by atoms with van der Waals surface area (Å²) in [6, 6.07) is 1.78. The lowest BCUT2D eigenvalue weighted by Gasteiger charge is -2.15. The molecule has 3 N–H and O–H groups in total. The Kier molecular flexibility index (Phi) is 4.73. The first kappa shape index (κ1) is 14.5. The Hall–Kier alpha value is -1.89. The average Bonchev–Trinajstić information content (AvgIpc) is 3.22. The normalized spacial score (nSPS) is 15.6. The number of aromatic nitrogens is 2. The van der Waals surface area contributed by atoms with Crippen LogP contribution in [0.5, 0.6) is 0 Å². The lowest BCUT2D eigenvalue weighted by atomic mass is 10.3. The third-order valence-electron chi connectivity index (χ3n) is 2.98. The summed E-state index contributed by atoms with van der Waals surface area (Å²) >= 11 is 0. The van der Waals surface area contributed by atoms with Crippen LogP contribution >= 0.6 is 0 Å². The van der Waals surface area contributed by atoms with E-state index in [-0.39, 0.29) is 11.9 Å². The van der Waals surface area contributed by atoms with Crippen LogP contribution in [0.4, 0.5) is 11.6 Å². The van der Waals surface area contributed by atoms with E-state index in [0.717, 1.165) is 12.8 Å². The quantitative estimate of drug-likeness (QED) is 0.682. The molecule has 1 atom stereocenters. The lowest BCUT2D eigenvalue weighted by molar-refractivity contribution is -0.121.